The number of aliphatic carboxylic acids is 1. The number of hydrogen-bond acceptors (Lipinski definition) is 4. The third-order valence-electron chi connectivity index (χ3n) is 1.89. The molecule has 18 heavy (non-hydrogen) atoms. The number of anilines is 1. The molecule has 0 aliphatic rings. The molecule has 0 heterocycles. The molecule has 0 aliphatic carbocycles. The summed E-state index contributed by atoms with van der Waals surface area (Å²) in [5, 5.41) is 10.9. The van der Waals surface area contributed by atoms with E-state index in [2.05, 4.69) is 26.0 Å². The fourth-order valence-corrected chi connectivity index (χ4v) is 1.56. The van der Waals surface area contributed by atoms with Crippen molar-refractivity contribution in [3.63, 3.8) is 0 Å². The summed E-state index contributed by atoms with van der Waals surface area (Å²) in [4.78, 5) is 21.7. The van der Waals surface area contributed by atoms with E-state index < -0.39 is 18.5 Å². The Kier molecular flexibility index (Phi) is 5.60. The largest absolute Gasteiger partial charge is 0.495 e. The molecular weight excluding hydrogens is 306 g/mol. The van der Waals surface area contributed by atoms with Crippen molar-refractivity contribution in [3.05, 3.63) is 22.7 Å². The maximum atomic E-state index is 11.5. The zero-order valence-corrected chi connectivity index (χ0v) is 11.2. The molecule has 0 aliphatic heterocycles. The van der Waals surface area contributed by atoms with Gasteiger partial charge in [-0.1, -0.05) is 15.9 Å². The van der Waals surface area contributed by atoms with Crippen LogP contribution in [0, 0.1) is 0 Å². The maximum absolute atomic E-state index is 11.5. The van der Waals surface area contributed by atoms with E-state index in [1.807, 2.05) is 0 Å². The first-order valence-electron chi connectivity index (χ1n) is 4.96. The van der Waals surface area contributed by atoms with Crippen LogP contribution in [0.2, 0.25) is 0 Å². The van der Waals surface area contributed by atoms with E-state index in [0.717, 1.165) is 4.47 Å². The molecule has 0 bridgehead atoms. The van der Waals surface area contributed by atoms with Crippen LogP contribution >= 0.6 is 15.9 Å². The number of benzene rings is 1. The molecule has 0 saturated carbocycles. The number of rotatable bonds is 6. The number of ether oxygens (including phenoxy) is 2. The monoisotopic (exact) mass is 317 g/mol. The zero-order chi connectivity index (χ0) is 13.5. The summed E-state index contributed by atoms with van der Waals surface area (Å²) in [6.07, 6.45) is 0. The molecule has 7 heteroatoms. The topological polar surface area (TPSA) is 84.9 Å². The van der Waals surface area contributed by atoms with Gasteiger partial charge in [-0.25, -0.2) is 4.79 Å². The van der Waals surface area contributed by atoms with Gasteiger partial charge in [0.1, 0.15) is 19.0 Å². The molecule has 6 nitrogen and oxygen atoms in total. The fourth-order valence-electron chi connectivity index (χ4n) is 1.20. The summed E-state index contributed by atoms with van der Waals surface area (Å²) in [5.41, 5.74) is 0.482. The van der Waals surface area contributed by atoms with Crippen molar-refractivity contribution in [3.8, 4) is 5.75 Å². The van der Waals surface area contributed by atoms with Gasteiger partial charge in [0, 0.05) is 4.47 Å². The van der Waals surface area contributed by atoms with Crippen molar-refractivity contribution in [2.24, 2.45) is 0 Å². The van der Waals surface area contributed by atoms with Gasteiger partial charge < -0.3 is 19.9 Å². The molecule has 1 aromatic carbocycles. The average Bonchev–Trinajstić information content (AvgIpc) is 2.28. The summed E-state index contributed by atoms with van der Waals surface area (Å²) in [7, 11) is 1.49. The van der Waals surface area contributed by atoms with Gasteiger partial charge >= 0.3 is 5.97 Å². The fraction of sp³-hybridized carbons (Fsp3) is 0.273. The lowest BCUT2D eigenvalue weighted by atomic mass is 10.3. The van der Waals surface area contributed by atoms with Crippen molar-refractivity contribution >= 4 is 33.5 Å². The number of carboxylic acid groups (broad SMARTS) is 1. The highest BCUT2D eigenvalue weighted by Crippen LogP contribution is 2.27. The minimum absolute atomic E-state index is 0.331. The summed E-state index contributed by atoms with van der Waals surface area (Å²) < 4.78 is 10.5. The van der Waals surface area contributed by atoms with Crippen molar-refractivity contribution in [2.45, 2.75) is 0 Å². The van der Waals surface area contributed by atoms with E-state index >= 15 is 0 Å². The molecule has 0 atom stereocenters. The Morgan fingerprint density at radius 2 is 2.11 bits per heavy atom. The Morgan fingerprint density at radius 3 is 2.72 bits per heavy atom. The highest BCUT2D eigenvalue weighted by atomic mass is 79.9. The van der Waals surface area contributed by atoms with Crippen LogP contribution in [0.4, 0.5) is 5.69 Å². The number of amides is 1. The van der Waals surface area contributed by atoms with Gasteiger partial charge in [-0.05, 0) is 18.2 Å². The van der Waals surface area contributed by atoms with E-state index in [1.165, 1.54) is 7.11 Å². The molecule has 0 unspecified atom stereocenters. The lowest BCUT2D eigenvalue weighted by Gasteiger charge is -2.10. The Morgan fingerprint density at radius 1 is 1.39 bits per heavy atom. The molecule has 0 spiro atoms. The quantitative estimate of drug-likeness (QED) is 0.830. The van der Waals surface area contributed by atoms with Crippen molar-refractivity contribution in [1.29, 1.82) is 0 Å². The Balaban J connectivity index is 2.58. The number of halogens is 1. The molecule has 0 radical (unpaired) electrons. The highest BCUT2D eigenvalue weighted by Gasteiger charge is 2.09. The summed E-state index contributed by atoms with van der Waals surface area (Å²) in [5.74, 6) is -1.07. The summed E-state index contributed by atoms with van der Waals surface area (Å²) in [6.45, 7) is -0.842. The first-order chi connectivity index (χ1) is 8.52. The molecule has 1 rings (SSSR count). The van der Waals surface area contributed by atoms with Gasteiger partial charge in [-0.15, -0.1) is 0 Å². The molecule has 1 aromatic rings. The van der Waals surface area contributed by atoms with Gasteiger partial charge in [0.05, 0.1) is 12.8 Å². The third-order valence-corrected chi connectivity index (χ3v) is 2.39. The zero-order valence-electron chi connectivity index (χ0n) is 9.60. The minimum Gasteiger partial charge on any atom is -0.495 e. The molecule has 98 valence electrons. The lowest BCUT2D eigenvalue weighted by Crippen LogP contribution is -2.21. The van der Waals surface area contributed by atoms with Gasteiger partial charge in [0.2, 0.25) is 5.91 Å². The van der Waals surface area contributed by atoms with Crippen LogP contribution in [-0.2, 0) is 14.3 Å². The van der Waals surface area contributed by atoms with E-state index in [1.54, 1.807) is 18.2 Å². The van der Waals surface area contributed by atoms with E-state index in [-0.39, 0.29) is 6.61 Å². The molecule has 0 fully saturated rings. The van der Waals surface area contributed by atoms with Gasteiger partial charge in [0.25, 0.3) is 0 Å². The van der Waals surface area contributed by atoms with E-state index in [9.17, 15) is 9.59 Å². The Hall–Kier alpha value is -1.60. The lowest BCUT2D eigenvalue weighted by molar-refractivity contribution is -0.143. The predicted octanol–water partition coefficient (Wildman–Crippen LogP) is 1.50. The van der Waals surface area contributed by atoms with Crippen molar-refractivity contribution in [1.82, 2.24) is 0 Å². The van der Waals surface area contributed by atoms with Crippen LogP contribution < -0.4 is 10.1 Å². The molecular formula is C11H12BrNO5. The van der Waals surface area contributed by atoms with Crippen LogP contribution in [-0.4, -0.2) is 37.3 Å². The highest BCUT2D eigenvalue weighted by molar-refractivity contribution is 9.10. The Labute approximate surface area is 112 Å². The van der Waals surface area contributed by atoms with E-state index in [4.69, 9.17) is 9.84 Å². The maximum Gasteiger partial charge on any atom is 0.329 e. The van der Waals surface area contributed by atoms with E-state index in [0.29, 0.717) is 11.4 Å². The average molecular weight is 318 g/mol. The number of carboxylic acids is 1. The number of carbonyl (C=O) groups excluding carboxylic acids is 1. The van der Waals surface area contributed by atoms with Crippen molar-refractivity contribution in [2.75, 3.05) is 25.6 Å². The van der Waals surface area contributed by atoms with Gasteiger partial charge in [0.15, 0.2) is 0 Å². The number of nitrogens with one attached hydrogen (secondary N) is 1. The standard InChI is InChI=1S/C11H12BrNO5/c1-17-9-3-2-7(12)4-8(9)13-10(14)5-18-6-11(15)16/h2-4H,5-6H2,1H3,(H,13,14)(H,15,16). The van der Waals surface area contributed by atoms with Crippen LogP contribution in [0.5, 0.6) is 5.75 Å². The molecule has 1 amide bonds. The van der Waals surface area contributed by atoms with Crippen LogP contribution in [0.3, 0.4) is 0 Å². The molecule has 0 aromatic heterocycles. The second-order valence-electron chi connectivity index (χ2n) is 3.28. The predicted molar refractivity (Wildman–Crippen MR) is 67.8 cm³/mol. The summed E-state index contributed by atoms with van der Waals surface area (Å²) >= 11 is 3.27. The van der Waals surface area contributed by atoms with Crippen LogP contribution in [0.1, 0.15) is 0 Å². The first kappa shape index (κ1) is 14.5. The number of hydrogen-bond donors (Lipinski definition) is 2. The second kappa shape index (κ2) is 6.97. The van der Waals surface area contributed by atoms with Crippen LogP contribution in [0.15, 0.2) is 22.7 Å². The minimum atomic E-state index is -1.12. The smallest absolute Gasteiger partial charge is 0.329 e. The number of carbonyl (C=O) groups is 2. The van der Waals surface area contributed by atoms with Crippen molar-refractivity contribution < 1.29 is 24.2 Å². The van der Waals surface area contributed by atoms with Crippen LogP contribution in [0.25, 0.3) is 0 Å². The SMILES string of the molecule is COc1ccc(Br)cc1NC(=O)COCC(=O)O. The van der Waals surface area contributed by atoms with Gasteiger partial charge in [-0.3, -0.25) is 4.79 Å². The third kappa shape index (κ3) is 4.72. The van der Waals surface area contributed by atoms with Gasteiger partial charge in [-0.2, -0.15) is 0 Å². The summed E-state index contributed by atoms with van der Waals surface area (Å²) in [6, 6.07) is 5.14. The molecule has 0 saturated heterocycles. The first-order valence-corrected chi connectivity index (χ1v) is 5.75. The number of methoxy groups -OCH3 is 1. The second-order valence-corrected chi connectivity index (χ2v) is 4.19. The Bertz CT molecular complexity index is 449. The normalized spacial score (nSPS) is 9.89. The molecule has 2 N–H and O–H groups in total.